The van der Waals surface area contributed by atoms with Crippen molar-refractivity contribution in [2.24, 2.45) is 17.8 Å². The summed E-state index contributed by atoms with van der Waals surface area (Å²) >= 11 is 0. The molecule has 0 N–H and O–H groups in total. The summed E-state index contributed by atoms with van der Waals surface area (Å²) in [6.45, 7) is 13.7. The quantitative estimate of drug-likeness (QED) is 0.0344. The molecule has 0 aliphatic carbocycles. The molecule has 0 aliphatic heterocycles. The molecular formula is C58H112O6. The van der Waals surface area contributed by atoms with Gasteiger partial charge in [-0.1, -0.05) is 279 Å². The van der Waals surface area contributed by atoms with Crippen LogP contribution >= 0.6 is 0 Å². The molecule has 6 nitrogen and oxygen atoms in total. The monoisotopic (exact) mass is 905 g/mol. The van der Waals surface area contributed by atoms with Crippen LogP contribution in [0.4, 0.5) is 0 Å². The van der Waals surface area contributed by atoms with Gasteiger partial charge in [0.05, 0.1) is 0 Å². The first-order valence-electron chi connectivity index (χ1n) is 28.6. The molecule has 0 bridgehead atoms. The van der Waals surface area contributed by atoms with E-state index in [4.69, 9.17) is 14.2 Å². The van der Waals surface area contributed by atoms with Crippen LogP contribution in [0.5, 0.6) is 0 Å². The summed E-state index contributed by atoms with van der Waals surface area (Å²) in [6, 6.07) is 0. The van der Waals surface area contributed by atoms with Crippen LogP contribution in [-0.4, -0.2) is 37.2 Å². The molecule has 380 valence electrons. The lowest BCUT2D eigenvalue weighted by Gasteiger charge is -2.18. The minimum Gasteiger partial charge on any atom is -0.462 e. The zero-order valence-electron chi connectivity index (χ0n) is 44.1. The first kappa shape index (κ1) is 62.4. The summed E-state index contributed by atoms with van der Waals surface area (Å²) in [6.07, 6.45) is 51.1. The van der Waals surface area contributed by atoms with Gasteiger partial charge in [-0.25, -0.2) is 0 Å². The van der Waals surface area contributed by atoms with Crippen LogP contribution < -0.4 is 0 Å². The fourth-order valence-electron chi connectivity index (χ4n) is 8.82. The van der Waals surface area contributed by atoms with Crippen molar-refractivity contribution in [1.82, 2.24) is 0 Å². The number of unbranched alkanes of at least 4 members (excludes halogenated alkanes) is 34. The van der Waals surface area contributed by atoms with E-state index in [1.807, 2.05) is 0 Å². The molecule has 6 heteroatoms. The maximum absolute atomic E-state index is 12.8. The van der Waals surface area contributed by atoms with E-state index in [2.05, 4.69) is 41.5 Å². The molecule has 0 aromatic carbocycles. The van der Waals surface area contributed by atoms with E-state index in [1.54, 1.807) is 0 Å². The molecule has 1 atom stereocenters. The van der Waals surface area contributed by atoms with E-state index >= 15 is 0 Å². The Hall–Kier alpha value is -1.59. The molecule has 0 heterocycles. The van der Waals surface area contributed by atoms with Crippen LogP contribution in [0.1, 0.15) is 318 Å². The molecule has 0 rings (SSSR count). The number of rotatable bonds is 51. The van der Waals surface area contributed by atoms with Gasteiger partial charge in [0.25, 0.3) is 0 Å². The molecule has 0 saturated heterocycles. The summed E-state index contributed by atoms with van der Waals surface area (Å²) in [5.74, 6) is 1.63. The highest BCUT2D eigenvalue weighted by atomic mass is 16.6. The first-order chi connectivity index (χ1) is 31.1. The lowest BCUT2D eigenvalue weighted by atomic mass is 10.0. The first-order valence-corrected chi connectivity index (χ1v) is 28.6. The van der Waals surface area contributed by atoms with Crippen LogP contribution in [0.2, 0.25) is 0 Å². The average molecular weight is 906 g/mol. The van der Waals surface area contributed by atoms with Crippen LogP contribution in [0.25, 0.3) is 0 Å². The Morgan fingerprint density at radius 2 is 0.453 bits per heavy atom. The molecule has 0 aromatic heterocycles. The van der Waals surface area contributed by atoms with E-state index in [9.17, 15) is 14.4 Å². The summed E-state index contributed by atoms with van der Waals surface area (Å²) in [5, 5.41) is 0. The topological polar surface area (TPSA) is 78.9 Å². The zero-order valence-corrected chi connectivity index (χ0v) is 44.1. The minimum absolute atomic E-state index is 0.0641. The van der Waals surface area contributed by atoms with Crippen molar-refractivity contribution < 1.29 is 28.6 Å². The van der Waals surface area contributed by atoms with Gasteiger partial charge in [-0.3, -0.25) is 14.4 Å². The third-order valence-corrected chi connectivity index (χ3v) is 13.1. The second-order valence-electron chi connectivity index (χ2n) is 21.4. The number of hydrogen-bond donors (Lipinski definition) is 0. The van der Waals surface area contributed by atoms with Crippen LogP contribution in [0.15, 0.2) is 0 Å². The van der Waals surface area contributed by atoms with Gasteiger partial charge in [0.2, 0.25) is 0 Å². The second kappa shape index (κ2) is 49.3. The SMILES string of the molecule is CC(C)CCCCCCCCCCCCCCCCCCCCC(=O)OC[C@H](COC(=O)CCCCCCCCCCC(C)C)OC(=O)CCCCCCCCCCCCCC(C)C. The van der Waals surface area contributed by atoms with E-state index in [-0.39, 0.29) is 31.1 Å². The zero-order chi connectivity index (χ0) is 47.0. The third-order valence-electron chi connectivity index (χ3n) is 13.1. The van der Waals surface area contributed by atoms with Crippen molar-refractivity contribution in [3.05, 3.63) is 0 Å². The maximum atomic E-state index is 12.8. The third kappa shape index (κ3) is 51.4. The van der Waals surface area contributed by atoms with Gasteiger partial charge in [0.1, 0.15) is 13.2 Å². The number of esters is 3. The standard InChI is InChI=1S/C58H112O6/c1-52(2)44-38-32-26-20-16-13-11-9-7-8-10-12-14-18-22-29-35-41-47-56(59)62-50-55(51-63-57(60)48-42-36-30-25-24-28-34-40-46-54(5)6)64-58(61)49-43-37-31-23-19-15-17-21-27-33-39-45-53(3)4/h52-55H,7-51H2,1-6H3/t55-/m1/s1. The molecular weight excluding hydrogens is 793 g/mol. The second-order valence-corrected chi connectivity index (χ2v) is 21.4. The molecule has 0 unspecified atom stereocenters. The smallest absolute Gasteiger partial charge is 0.306 e. The van der Waals surface area contributed by atoms with Crippen molar-refractivity contribution in [2.45, 2.75) is 324 Å². The fourth-order valence-corrected chi connectivity index (χ4v) is 8.82. The molecule has 64 heavy (non-hydrogen) atoms. The Bertz CT molecular complexity index is 991. The number of ether oxygens (including phenoxy) is 3. The van der Waals surface area contributed by atoms with E-state index in [0.29, 0.717) is 19.3 Å². The highest BCUT2D eigenvalue weighted by Crippen LogP contribution is 2.18. The fraction of sp³-hybridized carbons (Fsp3) is 0.948. The van der Waals surface area contributed by atoms with Crippen LogP contribution in [-0.2, 0) is 28.6 Å². The van der Waals surface area contributed by atoms with E-state index < -0.39 is 6.10 Å². The van der Waals surface area contributed by atoms with Gasteiger partial charge < -0.3 is 14.2 Å². The molecule has 0 radical (unpaired) electrons. The lowest BCUT2D eigenvalue weighted by molar-refractivity contribution is -0.167. The molecule has 0 aromatic rings. The molecule has 0 amide bonds. The van der Waals surface area contributed by atoms with Gasteiger partial charge in [-0.15, -0.1) is 0 Å². The Morgan fingerprint density at radius 3 is 0.672 bits per heavy atom. The van der Waals surface area contributed by atoms with Gasteiger partial charge in [0.15, 0.2) is 6.10 Å². The van der Waals surface area contributed by atoms with Gasteiger partial charge in [0, 0.05) is 19.3 Å². The Balaban J connectivity index is 4.22. The largest absolute Gasteiger partial charge is 0.462 e. The average Bonchev–Trinajstić information content (AvgIpc) is 3.25. The summed E-state index contributed by atoms with van der Waals surface area (Å²) in [4.78, 5) is 38.1. The van der Waals surface area contributed by atoms with Crippen LogP contribution in [0.3, 0.4) is 0 Å². The normalized spacial score (nSPS) is 12.1. The predicted octanol–water partition coefficient (Wildman–Crippen LogP) is 18.7. The maximum Gasteiger partial charge on any atom is 0.306 e. The number of hydrogen-bond acceptors (Lipinski definition) is 6. The number of carbonyl (C=O) groups is 3. The Kier molecular flexibility index (Phi) is 48.1. The summed E-state index contributed by atoms with van der Waals surface area (Å²) < 4.78 is 16.9. The minimum atomic E-state index is -0.763. The molecule has 0 fully saturated rings. The molecule has 0 spiro atoms. The Morgan fingerprint density at radius 1 is 0.266 bits per heavy atom. The highest BCUT2D eigenvalue weighted by Gasteiger charge is 2.19. The van der Waals surface area contributed by atoms with Crippen molar-refractivity contribution in [2.75, 3.05) is 13.2 Å². The highest BCUT2D eigenvalue weighted by molar-refractivity contribution is 5.71. The van der Waals surface area contributed by atoms with Crippen molar-refractivity contribution in [1.29, 1.82) is 0 Å². The lowest BCUT2D eigenvalue weighted by Crippen LogP contribution is -2.30. The van der Waals surface area contributed by atoms with E-state index in [1.165, 1.54) is 199 Å². The Labute approximate surface area is 399 Å². The van der Waals surface area contributed by atoms with Crippen molar-refractivity contribution >= 4 is 17.9 Å². The molecule has 0 saturated carbocycles. The molecule has 0 aliphatic rings. The van der Waals surface area contributed by atoms with Gasteiger partial charge >= 0.3 is 17.9 Å². The summed E-state index contributed by atoms with van der Waals surface area (Å²) in [7, 11) is 0. The van der Waals surface area contributed by atoms with Crippen LogP contribution in [0, 0.1) is 17.8 Å². The van der Waals surface area contributed by atoms with E-state index in [0.717, 1.165) is 75.5 Å². The predicted molar refractivity (Wildman–Crippen MR) is 275 cm³/mol. The van der Waals surface area contributed by atoms with Gasteiger partial charge in [-0.2, -0.15) is 0 Å². The summed E-state index contributed by atoms with van der Waals surface area (Å²) in [5.41, 5.74) is 0. The number of carbonyl (C=O) groups excluding carboxylic acids is 3. The van der Waals surface area contributed by atoms with Gasteiger partial charge in [-0.05, 0) is 37.0 Å². The van der Waals surface area contributed by atoms with Crippen molar-refractivity contribution in [3.8, 4) is 0 Å². The van der Waals surface area contributed by atoms with Crippen molar-refractivity contribution in [3.63, 3.8) is 0 Å².